The Labute approximate surface area is 118 Å². The lowest BCUT2D eigenvalue weighted by Gasteiger charge is -2.15. The third-order valence-electron chi connectivity index (χ3n) is 3.50. The zero-order valence-corrected chi connectivity index (χ0v) is 12.7. The molecule has 1 N–H and O–H groups in total. The van der Waals surface area contributed by atoms with Crippen LogP contribution in [0.15, 0.2) is 34.9 Å². The highest BCUT2D eigenvalue weighted by molar-refractivity contribution is 9.10. The number of rotatable bonds is 6. The van der Waals surface area contributed by atoms with Crippen molar-refractivity contribution in [3.8, 4) is 0 Å². The Bertz CT molecular complexity index is 500. The second-order valence-corrected chi connectivity index (χ2v) is 5.60. The predicted molar refractivity (Wildman–Crippen MR) is 82.0 cm³/mol. The molecule has 1 heterocycles. The van der Waals surface area contributed by atoms with E-state index in [1.807, 2.05) is 0 Å². The van der Waals surface area contributed by atoms with Gasteiger partial charge in [0.15, 0.2) is 0 Å². The number of nitrogens with one attached hydrogen (secondary N) is 1. The van der Waals surface area contributed by atoms with Crippen molar-refractivity contribution < 1.29 is 0 Å². The van der Waals surface area contributed by atoms with Gasteiger partial charge in [0.2, 0.25) is 0 Å². The fraction of sp³-hybridized carbons (Fsp3) is 0.467. The number of hydrogen-bond acceptors (Lipinski definition) is 1. The van der Waals surface area contributed by atoms with E-state index in [0.717, 1.165) is 17.6 Å². The molecule has 2 nitrogen and oxygen atoms in total. The molecule has 0 bridgehead atoms. The van der Waals surface area contributed by atoms with Crippen LogP contribution in [0.5, 0.6) is 0 Å². The van der Waals surface area contributed by atoms with E-state index in [1.54, 1.807) is 0 Å². The average Bonchev–Trinajstić information content (AvgIpc) is 2.77. The van der Waals surface area contributed by atoms with Gasteiger partial charge in [0.25, 0.3) is 0 Å². The van der Waals surface area contributed by atoms with Crippen LogP contribution in [0.3, 0.4) is 0 Å². The van der Waals surface area contributed by atoms with Gasteiger partial charge in [0.1, 0.15) is 0 Å². The summed E-state index contributed by atoms with van der Waals surface area (Å²) >= 11 is 3.51. The average molecular weight is 309 g/mol. The normalized spacial score (nSPS) is 11.6. The van der Waals surface area contributed by atoms with E-state index in [1.165, 1.54) is 23.7 Å². The fourth-order valence-corrected chi connectivity index (χ4v) is 2.71. The molecule has 0 amide bonds. The minimum absolute atomic E-state index is 0.654. The predicted octanol–water partition coefficient (Wildman–Crippen LogP) is 4.18. The lowest BCUT2D eigenvalue weighted by Crippen LogP contribution is -2.30. The van der Waals surface area contributed by atoms with Gasteiger partial charge >= 0.3 is 0 Å². The van der Waals surface area contributed by atoms with E-state index in [0.29, 0.717) is 6.04 Å². The Balaban J connectivity index is 2.00. The SMILES string of the molecule is CCC(CC)NCCn1ccc2cc(Br)ccc21. The molecular weight excluding hydrogens is 288 g/mol. The number of aromatic nitrogens is 1. The molecule has 0 aliphatic heterocycles. The number of benzene rings is 1. The number of fused-ring (bicyclic) bond motifs is 1. The molecule has 0 radical (unpaired) electrons. The van der Waals surface area contributed by atoms with Crippen molar-refractivity contribution in [2.75, 3.05) is 6.54 Å². The molecule has 0 saturated heterocycles. The topological polar surface area (TPSA) is 17.0 Å². The molecule has 1 aromatic carbocycles. The summed E-state index contributed by atoms with van der Waals surface area (Å²) in [6.45, 7) is 6.54. The molecule has 18 heavy (non-hydrogen) atoms. The van der Waals surface area contributed by atoms with Crippen LogP contribution in [0.25, 0.3) is 10.9 Å². The van der Waals surface area contributed by atoms with Crippen molar-refractivity contribution >= 4 is 26.8 Å². The zero-order valence-electron chi connectivity index (χ0n) is 11.1. The molecular formula is C15H21BrN2. The standard InChI is InChI=1S/C15H21BrN2/c1-3-14(4-2)17-8-10-18-9-7-12-11-13(16)5-6-15(12)18/h5-7,9,11,14,17H,3-4,8,10H2,1-2H3. The summed E-state index contributed by atoms with van der Waals surface area (Å²) in [5.41, 5.74) is 1.31. The molecule has 98 valence electrons. The van der Waals surface area contributed by atoms with Crippen LogP contribution in [-0.4, -0.2) is 17.2 Å². The molecule has 0 fully saturated rings. The van der Waals surface area contributed by atoms with Gasteiger partial charge in [0.05, 0.1) is 0 Å². The summed E-state index contributed by atoms with van der Waals surface area (Å²) in [6.07, 6.45) is 4.58. The first kappa shape index (κ1) is 13.6. The van der Waals surface area contributed by atoms with Crippen LogP contribution in [0.2, 0.25) is 0 Å². The van der Waals surface area contributed by atoms with Crippen LogP contribution < -0.4 is 5.32 Å². The minimum atomic E-state index is 0.654. The van der Waals surface area contributed by atoms with Gasteiger partial charge in [-0.05, 0) is 37.1 Å². The first-order valence-electron chi connectivity index (χ1n) is 6.72. The smallest absolute Gasteiger partial charge is 0.0481 e. The molecule has 0 spiro atoms. The Kier molecular flexibility index (Phi) is 4.84. The lowest BCUT2D eigenvalue weighted by molar-refractivity contribution is 0.468. The zero-order chi connectivity index (χ0) is 13.0. The largest absolute Gasteiger partial charge is 0.346 e. The van der Waals surface area contributed by atoms with Crippen LogP contribution in [0.1, 0.15) is 26.7 Å². The fourth-order valence-electron chi connectivity index (χ4n) is 2.33. The van der Waals surface area contributed by atoms with Gasteiger partial charge in [-0.3, -0.25) is 0 Å². The first-order valence-corrected chi connectivity index (χ1v) is 7.51. The van der Waals surface area contributed by atoms with Crippen molar-refractivity contribution in [2.24, 2.45) is 0 Å². The summed E-state index contributed by atoms with van der Waals surface area (Å²) < 4.78 is 3.46. The first-order chi connectivity index (χ1) is 8.74. The molecule has 0 saturated carbocycles. The summed E-state index contributed by atoms with van der Waals surface area (Å²) in [6, 6.07) is 9.28. The Morgan fingerprint density at radius 1 is 1.22 bits per heavy atom. The third kappa shape index (κ3) is 3.15. The molecule has 2 rings (SSSR count). The lowest BCUT2D eigenvalue weighted by atomic mass is 10.2. The van der Waals surface area contributed by atoms with Gasteiger partial charge in [-0.25, -0.2) is 0 Å². The number of halogens is 1. The summed E-state index contributed by atoms with van der Waals surface area (Å²) in [5.74, 6) is 0. The van der Waals surface area contributed by atoms with Crippen LogP contribution in [0, 0.1) is 0 Å². The highest BCUT2D eigenvalue weighted by Gasteiger charge is 2.03. The van der Waals surface area contributed by atoms with E-state index in [-0.39, 0.29) is 0 Å². The van der Waals surface area contributed by atoms with Gasteiger partial charge in [-0.15, -0.1) is 0 Å². The molecule has 0 unspecified atom stereocenters. The van der Waals surface area contributed by atoms with E-state index >= 15 is 0 Å². The van der Waals surface area contributed by atoms with Crippen molar-refractivity contribution in [2.45, 2.75) is 39.3 Å². The molecule has 0 aliphatic rings. The minimum Gasteiger partial charge on any atom is -0.346 e. The van der Waals surface area contributed by atoms with Gasteiger partial charge in [-0.1, -0.05) is 29.8 Å². The maximum Gasteiger partial charge on any atom is 0.0481 e. The molecule has 2 aromatic rings. The quantitative estimate of drug-likeness (QED) is 0.847. The highest BCUT2D eigenvalue weighted by atomic mass is 79.9. The summed E-state index contributed by atoms with van der Waals surface area (Å²) in [5, 5.41) is 4.90. The Morgan fingerprint density at radius 3 is 2.72 bits per heavy atom. The van der Waals surface area contributed by atoms with E-state index in [4.69, 9.17) is 0 Å². The molecule has 3 heteroatoms. The van der Waals surface area contributed by atoms with Crippen LogP contribution in [0.4, 0.5) is 0 Å². The molecule has 1 aromatic heterocycles. The third-order valence-corrected chi connectivity index (χ3v) is 4.00. The Morgan fingerprint density at radius 2 is 2.00 bits per heavy atom. The Hall–Kier alpha value is -0.800. The second-order valence-electron chi connectivity index (χ2n) is 4.68. The second kappa shape index (κ2) is 6.39. The monoisotopic (exact) mass is 308 g/mol. The van der Waals surface area contributed by atoms with Gasteiger partial charge < -0.3 is 9.88 Å². The summed E-state index contributed by atoms with van der Waals surface area (Å²) in [4.78, 5) is 0. The number of hydrogen-bond donors (Lipinski definition) is 1. The van der Waals surface area contributed by atoms with E-state index in [2.05, 4.69) is 70.1 Å². The highest BCUT2D eigenvalue weighted by Crippen LogP contribution is 2.20. The van der Waals surface area contributed by atoms with Crippen LogP contribution >= 0.6 is 15.9 Å². The van der Waals surface area contributed by atoms with E-state index < -0.39 is 0 Å². The maximum absolute atomic E-state index is 3.60. The van der Waals surface area contributed by atoms with Gasteiger partial charge in [-0.2, -0.15) is 0 Å². The number of nitrogens with zero attached hydrogens (tertiary/aromatic N) is 1. The van der Waals surface area contributed by atoms with Gasteiger partial charge in [0, 0.05) is 40.7 Å². The van der Waals surface area contributed by atoms with Crippen LogP contribution in [-0.2, 0) is 6.54 Å². The molecule has 0 atom stereocenters. The van der Waals surface area contributed by atoms with Crippen molar-refractivity contribution in [3.63, 3.8) is 0 Å². The van der Waals surface area contributed by atoms with Crippen molar-refractivity contribution in [1.29, 1.82) is 0 Å². The maximum atomic E-state index is 3.60. The van der Waals surface area contributed by atoms with Crippen molar-refractivity contribution in [1.82, 2.24) is 9.88 Å². The van der Waals surface area contributed by atoms with E-state index in [9.17, 15) is 0 Å². The van der Waals surface area contributed by atoms with Crippen molar-refractivity contribution in [3.05, 3.63) is 34.9 Å². The molecule has 0 aliphatic carbocycles. The summed E-state index contributed by atoms with van der Waals surface area (Å²) in [7, 11) is 0.